The van der Waals surface area contributed by atoms with Crippen LogP contribution in [0.15, 0.2) is 71.6 Å². The fourth-order valence-corrected chi connectivity index (χ4v) is 6.55. The Morgan fingerprint density at radius 3 is 2.10 bits per heavy atom. The summed E-state index contributed by atoms with van der Waals surface area (Å²) in [5, 5.41) is 3.64. The SMILES string of the molecule is CC[C@@H](C)NC(=O)[C@H](CC)N(Cc1c(Cl)cccc1Cl)C(=O)CN(c1ccc(C)cc1C)S(=O)(=O)c1ccccc1. The highest BCUT2D eigenvalue weighted by molar-refractivity contribution is 7.92. The smallest absolute Gasteiger partial charge is 0.264 e. The van der Waals surface area contributed by atoms with E-state index in [1.54, 1.807) is 62.4 Å². The van der Waals surface area contributed by atoms with E-state index in [1.807, 2.05) is 26.8 Å². The van der Waals surface area contributed by atoms with E-state index >= 15 is 0 Å². The average molecular weight is 619 g/mol. The molecule has 10 heteroatoms. The molecule has 220 valence electrons. The van der Waals surface area contributed by atoms with Crippen LogP contribution in [0.2, 0.25) is 10.0 Å². The first-order valence-corrected chi connectivity index (χ1v) is 15.8. The number of amides is 2. The lowest BCUT2D eigenvalue weighted by Gasteiger charge is -2.34. The largest absolute Gasteiger partial charge is 0.352 e. The average Bonchev–Trinajstić information content (AvgIpc) is 2.93. The van der Waals surface area contributed by atoms with Gasteiger partial charge in [0.2, 0.25) is 11.8 Å². The monoisotopic (exact) mass is 617 g/mol. The Balaban J connectivity index is 2.12. The van der Waals surface area contributed by atoms with Crippen molar-refractivity contribution >= 4 is 50.7 Å². The van der Waals surface area contributed by atoms with Crippen LogP contribution in [0, 0.1) is 13.8 Å². The predicted octanol–water partition coefficient (Wildman–Crippen LogP) is 6.53. The number of benzene rings is 3. The second kappa shape index (κ2) is 14.2. The fourth-order valence-electron chi connectivity index (χ4n) is 4.53. The molecule has 0 fully saturated rings. The highest BCUT2D eigenvalue weighted by Crippen LogP contribution is 2.30. The van der Waals surface area contributed by atoms with Crippen molar-refractivity contribution in [3.8, 4) is 0 Å². The number of aryl methyl sites for hydroxylation is 2. The highest BCUT2D eigenvalue weighted by atomic mass is 35.5. The fraction of sp³-hybridized carbons (Fsp3) is 0.355. The molecule has 3 aromatic rings. The van der Waals surface area contributed by atoms with Crippen molar-refractivity contribution in [2.24, 2.45) is 0 Å². The number of sulfonamides is 1. The van der Waals surface area contributed by atoms with Gasteiger partial charge in [-0.05, 0) is 69.5 Å². The molecule has 2 atom stereocenters. The van der Waals surface area contributed by atoms with Gasteiger partial charge in [0.25, 0.3) is 10.0 Å². The van der Waals surface area contributed by atoms with E-state index in [9.17, 15) is 18.0 Å². The number of rotatable bonds is 12. The predicted molar refractivity (Wildman–Crippen MR) is 166 cm³/mol. The number of halogens is 2. The first kappa shape index (κ1) is 32.4. The number of anilines is 1. The molecule has 1 N–H and O–H groups in total. The van der Waals surface area contributed by atoms with E-state index in [0.29, 0.717) is 39.7 Å². The van der Waals surface area contributed by atoms with Gasteiger partial charge in [-0.2, -0.15) is 0 Å². The molecular formula is C31H37Cl2N3O4S. The van der Waals surface area contributed by atoms with Crippen LogP contribution >= 0.6 is 23.2 Å². The maximum atomic E-state index is 14.2. The zero-order valence-corrected chi connectivity index (χ0v) is 26.4. The topological polar surface area (TPSA) is 86.8 Å². The number of hydrogen-bond acceptors (Lipinski definition) is 4. The number of hydrogen-bond donors (Lipinski definition) is 1. The Hall–Kier alpha value is -3.07. The zero-order chi connectivity index (χ0) is 30.3. The lowest BCUT2D eigenvalue weighted by molar-refractivity contribution is -0.140. The van der Waals surface area contributed by atoms with Crippen molar-refractivity contribution in [1.82, 2.24) is 10.2 Å². The molecule has 0 saturated heterocycles. The summed E-state index contributed by atoms with van der Waals surface area (Å²) < 4.78 is 29.1. The zero-order valence-electron chi connectivity index (χ0n) is 24.0. The van der Waals surface area contributed by atoms with Gasteiger partial charge < -0.3 is 10.2 Å². The van der Waals surface area contributed by atoms with Gasteiger partial charge in [0.05, 0.1) is 10.6 Å². The summed E-state index contributed by atoms with van der Waals surface area (Å²) in [6, 6.07) is 17.4. The molecule has 3 aromatic carbocycles. The Labute approximate surface area is 253 Å². The quantitative estimate of drug-likeness (QED) is 0.250. The molecular weight excluding hydrogens is 581 g/mol. The molecule has 0 unspecified atom stereocenters. The first-order valence-electron chi connectivity index (χ1n) is 13.6. The maximum absolute atomic E-state index is 14.2. The van der Waals surface area contributed by atoms with Crippen LogP contribution in [-0.4, -0.2) is 43.8 Å². The van der Waals surface area contributed by atoms with Gasteiger partial charge in [0, 0.05) is 28.2 Å². The summed E-state index contributed by atoms with van der Waals surface area (Å²) in [7, 11) is -4.15. The normalized spacial score (nSPS) is 12.9. The van der Waals surface area contributed by atoms with Gasteiger partial charge >= 0.3 is 0 Å². The van der Waals surface area contributed by atoms with Gasteiger partial charge in [-0.15, -0.1) is 0 Å². The molecule has 3 rings (SSSR count). The Kier molecular flexibility index (Phi) is 11.2. The van der Waals surface area contributed by atoms with Crippen LogP contribution in [0.1, 0.15) is 50.3 Å². The minimum absolute atomic E-state index is 0.0510. The summed E-state index contributed by atoms with van der Waals surface area (Å²) in [6.45, 7) is 8.75. The van der Waals surface area contributed by atoms with Crippen LogP contribution in [0.4, 0.5) is 5.69 Å². The van der Waals surface area contributed by atoms with E-state index in [4.69, 9.17) is 23.2 Å². The molecule has 0 aliphatic heterocycles. The summed E-state index contributed by atoms with van der Waals surface area (Å²) in [5.41, 5.74) is 2.50. The van der Waals surface area contributed by atoms with Crippen molar-refractivity contribution in [2.45, 2.75) is 71.0 Å². The lowest BCUT2D eigenvalue weighted by Crippen LogP contribution is -2.53. The summed E-state index contributed by atoms with van der Waals surface area (Å²) in [5.74, 6) is -0.894. The van der Waals surface area contributed by atoms with Gasteiger partial charge in [-0.3, -0.25) is 13.9 Å². The number of nitrogens with one attached hydrogen (secondary N) is 1. The minimum Gasteiger partial charge on any atom is -0.352 e. The Bertz CT molecular complexity index is 1460. The van der Waals surface area contributed by atoms with Crippen molar-refractivity contribution < 1.29 is 18.0 Å². The van der Waals surface area contributed by atoms with Crippen LogP contribution < -0.4 is 9.62 Å². The molecule has 0 spiro atoms. The molecule has 0 radical (unpaired) electrons. The second-order valence-electron chi connectivity index (χ2n) is 10.1. The molecule has 7 nitrogen and oxygen atoms in total. The number of carbonyl (C=O) groups excluding carboxylic acids is 2. The van der Waals surface area contributed by atoms with Crippen LogP contribution in [0.25, 0.3) is 0 Å². The minimum atomic E-state index is -4.15. The van der Waals surface area contributed by atoms with E-state index in [2.05, 4.69) is 5.32 Å². The Morgan fingerprint density at radius 1 is 0.902 bits per heavy atom. The number of carbonyl (C=O) groups is 2. The van der Waals surface area contributed by atoms with E-state index in [-0.39, 0.29) is 23.4 Å². The van der Waals surface area contributed by atoms with Crippen LogP contribution in [0.5, 0.6) is 0 Å². The van der Waals surface area contributed by atoms with Gasteiger partial charge in [-0.25, -0.2) is 8.42 Å². The molecule has 0 aromatic heterocycles. The third-order valence-electron chi connectivity index (χ3n) is 7.01. The Morgan fingerprint density at radius 2 is 1.54 bits per heavy atom. The van der Waals surface area contributed by atoms with Crippen molar-refractivity contribution in [3.63, 3.8) is 0 Å². The third-order valence-corrected chi connectivity index (χ3v) is 9.49. The molecule has 0 aliphatic carbocycles. The van der Waals surface area contributed by atoms with Crippen LogP contribution in [0.3, 0.4) is 0 Å². The van der Waals surface area contributed by atoms with E-state index < -0.39 is 28.5 Å². The van der Waals surface area contributed by atoms with Crippen LogP contribution in [-0.2, 0) is 26.2 Å². The standard InChI is InChI=1S/C31H37Cl2N3O4S/c1-6-23(5)34-31(38)28(7-2)35(19-25-26(32)14-11-15-27(25)33)30(37)20-36(29-17-16-21(3)18-22(29)4)41(39,40)24-12-9-8-10-13-24/h8-18,23,28H,6-7,19-20H2,1-5H3,(H,34,38)/t23-,28+/m1/s1. The third kappa shape index (κ3) is 7.82. The lowest BCUT2D eigenvalue weighted by atomic mass is 10.1. The first-order chi connectivity index (χ1) is 19.4. The highest BCUT2D eigenvalue weighted by Gasteiger charge is 2.35. The molecule has 0 aliphatic rings. The number of nitrogens with zero attached hydrogens (tertiary/aromatic N) is 2. The molecule has 0 saturated carbocycles. The maximum Gasteiger partial charge on any atom is 0.264 e. The van der Waals surface area contributed by atoms with E-state index in [0.717, 1.165) is 9.87 Å². The molecule has 41 heavy (non-hydrogen) atoms. The van der Waals surface area contributed by atoms with Gasteiger partial charge in [0.1, 0.15) is 12.6 Å². The second-order valence-corrected chi connectivity index (χ2v) is 12.8. The van der Waals surface area contributed by atoms with Crippen molar-refractivity contribution in [2.75, 3.05) is 10.8 Å². The van der Waals surface area contributed by atoms with Gasteiger partial charge in [-0.1, -0.05) is 79.0 Å². The summed E-state index contributed by atoms with van der Waals surface area (Å²) in [6.07, 6.45) is 1.01. The van der Waals surface area contributed by atoms with Gasteiger partial charge in [0.15, 0.2) is 0 Å². The molecule has 2 amide bonds. The van der Waals surface area contributed by atoms with Crippen molar-refractivity contribution in [1.29, 1.82) is 0 Å². The molecule has 0 heterocycles. The van der Waals surface area contributed by atoms with Crippen molar-refractivity contribution in [3.05, 3.63) is 93.5 Å². The van der Waals surface area contributed by atoms with E-state index in [1.165, 1.54) is 17.0 Å². The molecule has 0 bridgehead atoms. The summed E-state index contributed by atoms with van der Waals surface area (Å²) >= 11 is 12.9. The summed E-state index contributed by atoms with van der Waals surface area (Å²) in [4.78, 5) is 29.1.